The average Bonchev–Trinajstić information content (AvgIpc) is 2.65. The number of aryl methyl sites for hydroxylation is 1. The molecule has 0 aliphatic heterocycles. The third kappa shape index (κ3) is 2.93. The molecule has 5 nitrogen and oxygen atoms in total. The van der Waals surface area contributed by atoms with E-state index in [0.717, 1.165) is 16.0 Å². The molecule has 2 aromatic rings. The summed E-state index contributed by atoms with van der Waals surface area (Å²) < 4.78 is 4.08. The smallest absolute Gasteiger partial charge is 0.332 e. The standard InChI is InChI=1S/C11H12N4OS2/c12-10(16)14-13-6-3-7-15-8-4-1-2-5-9(8)18-11(15)17/h1-2,4-6H,3,7H2,(H3,12,14,16)/b13-6-. The van der Waals surface area contributed by atoms with E-state index >= 15 is 0 Å². The first-order chi connectivity index (χ1) is 8.68. The minimum Gasteiger partial charge on any atom is -0.350 e. The van der Waals surface area contributed by atoms with Crippen molar-refractivity contribution in [2.24, 2.45) is 10.8 Å². The van der Waals surface area contributed by atoms with Crippen LogP contribution in [0.25, 0.3) is 10.2 Å². The predicted octanol–water partition coefficient (Wildman–Crippen LogP) is 2.48. The minimum atomic E-state index is -0.663. The Bertz CT molecular complexity index is 644. The fourth-order valence-electron chi connectivity index (χ4n) is 1.59. The topological polar surface area (TPSA) is 72.4 Å². The molecule has 3 N–H and O–H groups in total. The number of para-hydroxylation sites is 1. The summed E-state index contributed by atoms with van der Waals surface area (Å²) in [7, 11) is 0. The highest BCUT2D eigenvalue weighted by Gasteiger charge is 2.02. The normalized spacial score (nSPS) is 11.1. The van der Waals surface area contributed by atoms with Crippen molar-refractivity contribution in [1.29, 1.82) is 0 Å². The predicted molar refractivity (Wildman–Crippen MR) is 76.5 cm³/mol. The van der Waals surface area contributed by atoms with E-state index in [4.69, 9.17) is 18.0 Å². The Balaban J connectivity index is 2.08. The highest BCUT2D eigenvalue weighted by atomic mass is 32.1. The van der Waals surface area contributed by atoms with E-state index in [1.165, 1.54) is 4.70 Å². The lowest BCUT2D eigenvalue weighted by Crippen LogP contribution is -2.24. The number of hydrogen-bond donors (Lipinski definition) is 2. The quantitative estimate of drug-likeness (QED) is 0.513. The van der Waals surface area contributed by atoms with Crippen LogP contribution in [0.1, 0.15) is 6.42 Å². The molecule has 0 aliphatic rings. The number of carbonyl (C=O) groups is 1. The fourth-order valence-corrected chi connectivity index (χ4v) is 2.96. The van der Waals surface area contributed by atoms with Crippen LogP contribution in [0.4, 0.5) is 4.79 Å². The second-order valence-electron chi connectivity index (χ2n) is 3.56. The summed E-state index contributed by atoms with van der Waals surface area (Å²) in [6, 6.07) is 7.41. The summed E-state index contributed by atoms with van der Waals surface area (Å²) in [6.07, 6.45) is 2.29. The number of aromatic nitrogens is 1. The Hall–Kier alpha value is -1.73. The van der Waals surface area contributed by atoms with Crippen LogP contribution in [-0.4, -0.2) is 16.8 Å². The molecule has 18 heavy (non-hydrogen) atoms. The van der Waals surface area contributed by atoms with Gasteiger partial charge >= 0.3 is 6.03 Å². The Kier molecular flexibility index (Phi) is 4.06. The van der Waals surface area contributed by atoms with Crippen molar-refractivity contribution in [2.45, 2.75) is 13.0 Å². The second kappa shape index (κ2) is 5.74. The van der Waals surface area contributed by atoms with Gasteiger partial charge in [-0.25, -0.2) is 10.2 Å². The second-order valence-corrected chi connectivity index (χ2v) is 5.24. The van der Waals surface area contributed by atoms with Gasteiger partial charge < -0.3 is 10.3 Å². The van der Waals surface area contributed by atoms with Gasteiger partial charge in [-0.2, -0.15) is 5.10 Å². The molecule has 0 aliphatic carbocycles. The van der Waals surface area contributed by atoms with Gasteiger partial charge in [0.05, 0.1) is 10.2 Å². The molecule has 1 aromatic carbocycles. The molecule has 0 bridgehead atoms. The van der Waals surface area contributed by atoms with Crippen LogP contribution in [0.15, 0.2) is 29.4 Å². The Labute approximate surface area is 113 Å². The molecule has 0 fully saturated rings. The minimum absolute atomic E-state index is 0.663. The van der Waals surface area contributed by atoms with Crippen LogP contribution < -0.4 is 11.2 Å². The summed E-state index contributed by atoms with van der Waals surface area (Å²) in [5, 5.41) is 3.69. The molecule has 94 valence electrons. The Morgan fingerprint density at radius 3 is 3.11 bits per heavy atom. The molecule has 0 spiro atoms. The van der Waals surface area contributed by atoms with Crippen LogP contribution in [0.5, 0.6) is 0 Å². The van der Waals surface area contributed by atoms with Gasteiger partial charge in [0.2, 0.25) is 0 Å². The molecule has 1 aromatic heterocycles. The molecule has 0 atom stereocenters. The maximum atomic E-state index is 10.4. The van der Waals surface area contributed by atoms with Crippen LogP contribution in [0.2, 0.25) is 0 Å². The Morgan fingerprint density at radius 1 is 1.56 bits per heavy atom. The zero-order valence-electron chi connectivity index (χ0n) is 9.50. The summed E-state index contributed by atoms with van der Waals surface area (Å²) >= 11 is 6.91. The lowest BCUT2D eigenvalue weighted by Gasteiger charge is -2.01. The first-order valence-electron chi connectivity index (χ1n) is 5.34. The van der Waals surface area contributed by atoms with Gasteiger partial charge in [-0.1, -0.05) is 12.1 Å². The number of hydrogen-bond acceptors (Lipinski definition) is 4. The van der Waals surface area contributed by atoms with Gasteiger partial charge in [0.1, 0.15) is 0 Å². The number of benzene rings is 1. The number of carbonyl (C=O) groups excluding carboxylic acids is 1. The number of thiazole rings is 1. The van der Waals surface area contributed by atoms with E-state index in [-0.39, 0.29) is 0 Å². The monoisotopic (exact) mass is 280 g/mol. The maximum Gasteiger partial charge on any atom is 0.332 e. The van der Waals surface area contributed by atoms with Crippen LogP contribution >= 0.6 is 23.6 Å². The van der Waals surface area contributed by atoms with E-state index in [0.29, 0.717) is 6.42 Å². The van der Waals surface area contributed by atoms with Crippen molar-refractivity contribution in [3.05, 3.63) is 28.2 Å². The van der Waals surface area contributed by atoms with E-state index in [2.05, 4.69) is 21.2 Å². The summed E-state index contributed by atoms with van der Waals surface area (Å²) in [5.41, 5.74) is 8.17. The fraction of sp³-hybridized carbons (Fsp3) is 0.182. The number of hydrazone groups is 1. The third-order valence-corrected chi connectivity index (χ3v) is 3.75. The molecule has 2 rings (SSSR count). The number of nitrogens with two attached hydrogens (primary N) is 1. The average molecular weight is 280 g/mol. The Morgan fingerprint density at radius 2 is 2.33 bits per heavy atom. The van der Waals surface area contributed by atoms with Crippen LogP contribution in [-0.2, 0) is 6.54 Å². The first kappa shape index (κ1) is 12.7. The number of rotatable bonds is 4. The zero-order valence-corrected chi connectivity index (χ0v) is 11.1. The largest absolute Gasteiger partial charge is 0.350 e. The van der Waals surface area contributed by atoms with Gasteiger partial charge in [-0.05, 0) is 24.4 Å². The lowest BCUT2D eigenvalue weighted by atomic mass is 10.3. The number of amides is 2. The van der Waals surface area contributed by atoms with E-state index in [9.17, 15) is 4.79 Å². The van der Waals surface area contributed by atoms with Crippen molar-refractivity contribution in [3.8, 4) is 0 Å². The first-order valence-corrected chi connectivity index (χ1v) is 6.56. The summed E-state index contributed by atoms with van der Waals surface area (Å²) in [6.45, 7) is 0.729. The van der Waals surface area contributed by atoms with Crippen molar-refractivity contribution in [1.82, 2.24) is 9.99 Å². The molecule has 0 saturated heterocycles. The SMILES string of the molecule is NC(=O)N/N=C\CCn1c(=S)sc2ccccc21. The van der Waals surface area contributed by atoms with E-state index in [1.54, 1.807) is 17.6 Å². The molecule has 2 amide bonds. The number of primary amides is 1. The molecule has 0 unspecified atom stereocenters. The van der Waals surface area contributed by atoms with E-state index in [1.807, 2.05) is 18.2 Å². The summed E-state index contributed by atoms with van der Waals surface area (Å²) in [5.74, 6) is 0. The van der Waals surface area contributed by atoms with E-state index < -0.39 is 6.03 Å². The van der Waals surface area contributed by atoms with Crippen molar-refractivity contribution in [2.75, 3.05) is 0 Å². The molecule has 1 heterocycles. The van der Waals surface area contributed by atoms with Crippen molar-refractivity contribution >= 4 is 46.0 Å². The molecular weight excluding hydrogens is 268 g/mol. The lowest BCUT2D eigenvalue weighted by molar-refractivity contribution is 0.249. The highest BCUT2D eigenvalue weighted by Crippen LogP contribution is 2.22. The van der Waals surface area contributed by atoms with Gasteiger partial charge in [0.25, 0.3) is 0 Å². The summed E-state index contributed by atoms with van der Waals surface area (Å²) in [4.78, 5) is 10.4. The molecular formula is C11H12N4OS2. The maximum absolute atomic E-state index is 10.4. The van der Waals surface area contributed by atoms with Gasteiger partial charge in [0.15, 0.2) is 3.95 Å². The van der Waals surface area contributed by atoms with Crippen LogP contribution in [0.3, 0.4) is 0 Å². The number of fused-ring (bicyclic) bond motifs is 1. The number of nitrogens with one attached hydrogen (secondary N) is 1. The number of nitrogens with zero attached hydrogens (tertiary/aromatic N) is 2. The van der Waals surface area contributed by atoms with Crippen LogP contribution in [0, 0.1) is 3.95 Å². The zero-order chi connectivity index (χ0) is 13.0. The molecule has 7 heteroatoms. The van der Waals surface area contributed by atoms with Crippen molar-refractivity contribution < 1.29 is 4.79 Å². The van der Waals surface area contributed by atoms with Gasteiger partial charge in [0, 0.05) is 19.2 Å². The number of urea groups is 1. The molecule has 0 radical (unpaired) electrons. The van der Waals surface area contributed by atoms with Gasteiger partial charge in [-0.3, -0.25) is 0 Å². The highest BCUT2D eigenvalue weighted by molar-refractivity contribution is 7.73. The van der Waals surface area contributed by atoms with Gasteiger partial charge in [-0.15, -0.1) is 11.3 Å². The third-order valence-electron chi connectivity index (χ3n) is 2.32. The molecule has 0 saturated carbocycles. The van der Waals surface area contributed by atoms with Crippen molar-refractivity contribution in [3.63, 3.8) is 0 Å².